The molecule has 0 spiro atoms. The topological polar surface area (TPSA) is 122 Å². The molecule has 9 nitrogen and oxygen atoms in total. The first kappa shape index (κ1) is 25.0. The first-order valence-corrected chi connectivity index (χ1v) is 11.5. The number of aryl methyl sites for hydroxylation is 1. The van der Waals surface area contributed by atoms with Crippen molar-refractivity contribution in [3.63, 3.8) is 0 Å². The van der Waals surface area contributed by atoms with Gasteiger partial charge in [0, 0.05) is 25.7 Å². The zero-order chi connectivity index (χ0) is 23.9. The van der Waals surface area contributed by atoms with Crippen molar-refractivity contribution < 1.29 is 27.5 Å². The number of imide groups is 1. The summed E-state index contributed by atoms with van der Waals surface area (Å²) in [6.45, 7) is 5.65. The number of amides is 3. The molecule has 0 saturated heterocycles. The predicted octanol–water partition coefficient (Wildman–Crippen LogP) is 2.38. The van der Waals surface area contributed by atoms with Crippen LogP contribution in [0.15, 0.2) is 53.4 Å². The molecule has 172 valence electrons. The third kappa shape index (κ3) is 5.71. The van der Waals surface area contributed by atoms with E-state index in [4.69, 9.17) is 4.74 Å². The average Bonchev–Trinajstić information content (AvgIpc) is 2.78. The van der Waals surface area contributed by atoms with Crippen molar-refractivity contribution in [2.45, 2.75) is 31.8 Å². The molecule has 0 saturated carbocycles. The summed E-state index contributed by atoms with van der Waals surface area (Å²) in [6, 6.07) is 11.6. The van der Waals surface area contributed by atoms with Crippen LogP contribution < -0.4 is 10.6 Å². The number of rotatable bonds is 8. The normalized spacial score (nSPS) is 12.2. The van der Waals surface area contributed by atoms with Gasteiger partial charge in [-0.05, 0) is 24.6 Å². The molecule has 0 unspecified atom stereocenters. The second-order valence-electron chi connectivity index (χ2n) is 6.83. The summed E-state index contributed by atoms with van der Waals surface area (Å²) in [6.07, 6.45) is -1.41. The Morgan fingerprint density at radius 1 is 1.03 bits per heavy atom. The van der Waals surface area contributed by atoms with E-state index >= 15 is 0 Å². The van der Waals surface area contributed by atoms with Gasteiger partial charge in [0.25, 0.3) is 5.91 Å². The zero-order valence-electron chi connectivity index (χ0n) is 18.4. The molecule has 0 bridgehead atoms. The number of benzene rings is 2. The molecule has 2 rings (SSSR count). The average molecular weight is 462 g/mol. The number of carbonyl (C=O) groups is 3. The SMILES string of the molecule is CCN(CC)S(=O)(=O)c1cc(C(=O)O[C@H](C(=O)NC(=O)NC)c2ccccc2)ccc1C. The van der Waals surface area contributed by atoms with Crippen LogP contribution in [-0.2, 0) is 19.6 Å². The van der Waals surface area contributed by atoms with Crippen LogP contribution in [0, 0.1) is 6.92 Å². The van der Waals surface area contributed by atoms with Crippen molar-refractivity contribution in [1.82, 2.24) is 14.9 Å². The Balaban J connectivity index is 2.40. The van der Waals surface area contributed by atoms with Crippen LogP contribution in [0.5, 0.6) is 0 Å². The van der Waals surface area contributed by atoms with E-state index in [0.717, 1.165) is 0 Å². The molecule has 32 heavy (non-hydrogen) atoms. The van der Waals surface area contributed by atoms with E-state index in [9.17, 15) is 22.8 Å². The Morgan fingerprint density at radius 3 is 2.22 bits per heavy atom. The van der Waals surface area contributed by atoms with E-state index in [1.54, 1.807) is 51.1 Å². The lowest BCUT2D eigenvalue weighted by atomic mass is 10.1. The quantitative estimate of drug-likeness (QED) is 0.582. The highest BCUT2D eigenvalue weighted by Gasteiger charge is 2.29. The van der Waals surface area contributed by atoms with Crippen molar-refractivity contribution >= 4 is 27.9 Å². The van der Waals surface area contributed by atoms with Crippen LogP contribution in [-0.4, -0.2) is 50.8 Å². The van der Waals surface area contributed by atoms with Crippen LogP contribution in [0.1, 0.15) is 41.4 Å². The number of nitrogens with one attached hydrogen (secondary N) is 2. The second kappa shape index (κ2) is 10.9. The van der Waals surface area contributed by atoms with Crippen molar-refractivity contribution in [3.8, 4) is 0 Å². The van der Waals surface area contributed by atoms with Gasteiger partial charge in [-0.3, -0.25) is 10.1 Å². The number of ether oxygens (including phenoxy) is 1. The molecule has 0 aliphatic heterocycles. The standard InChI is InChI=1S/C22H27N3O6S/c1-5-25(6-2)32(29,30)18-14-17(13-12-15(18)3)21(27)31-19(16-10-8-7-9-11-16)20(26)24-22(28)23-4/h7-14,19H,5-6H2,1-4H3,(H2,23,24,26,28)/t19-/m0/s1. The van der Waals surface area contributed by atoms with E-state index in [2.05, 4.69) is 10.6 Å². The fraction of sp³-hybridized carbons (Fsp3) is 0.318. The molecule has 1 atom stereocenters. The summed E-state index contributed by atoms with van der Waals surface area (Å²) in [5.74, 6) is -1.74. The fourth-order valence-electron chi connectivity index (χ4n) is 3.02. The summed E-state index contributed by atoms with van der Waals surface area (Å²) in [5.41, 5.74) is 0.797. The number of urea groups is 1. The number of sulfonamides is 1. The Labute approximate surface area is 187 Å². The Morgan fingerprint density at radius 2 is 1.66 bits per heavy atom. The second-order valence-corrected chi connectivity index (χ2v) is 8.74. The number of carbonyl (C=O) groups excluding carboxylic acids is 3. The maximum Gasteiger partial charge on any atom is 0.339 e. The van der Waals surface area contributed by atoms with Crippen LogP contribution in [0.2, 0.25) is 0 Å². The summed E-state index contributed by atoms with van der Waals surface area (Å²) >= 11 is 0. The third-order valence-electron chi connectivity index (χ3n) is 4.78. The van der Waals surface area contributed by atoms with Gasteiger partial charge in [0.15, 0.2) is 0 Å². The third-order valence-corrected chi connectivity index (χ3v) is 6.97. The van der Waals surface area contributed by atoms with Crippen LogP contribution in [0.3, 0.4) is 0 Å². The van der Waals surface area contributed by atoms with E-state index < -0.39 is 34.0 Å². The maximum absolute atomic E-state index is 13.0. The molecule has 0 aromatic heterocycles. The van der Waals surface area contributed by atoms with E-state index in [1.165, 1.54) is 29.6 Å². The summed E-state index contributed by atoms with van der Waals surface area (Å²) in [4.78, 5) is 37.0. The summed E-state index contributed by atoms with van der Waals surface area (Å²) < 4.78 is 32.6. The van der Waals surface area contributed by atoms with E-state index in [-0.39, 0.29) is 23.5 Å². The maximum atomic E-state index is 13.0. The molecule has 0 aliphatic rings. The van der Waals surface area contributed by atoms with Crippen molar-refractivity contribution in [1.29, 1.82) is 0 Å². The lowest BCUT2D eigenvalue weighted by Crippen LogP contribution is -2.41. The molecule has 0 fully saturated rings. The highest BCUT2D eigenvalue weighted by Crippen LogP contribution is 2.24. The summed E-state index contributed by atoms with van der Waals surface area (Å²) in [7, 11) is -2.47. The van der Waals surface area contributed by atoms with Gasteiger partial charge in [0.1, 0.15) is 0 Å². The van der Waals surface area contributed by atoms with E-state index in [1.807, 2.05) is 0 Å². The minimum Gasteiger partial charge on any atom is -0.444 e. The minimum absolute atomic E-state index is 0.0123. The smallest absolute Gasteiger partial charge is 0.339 e. The lowest BCUT2D eigenvalue weighted by Gasteiger charge is -2.21. The van der Waals surface area contributed by atoms with Gasteiger partial charge in [-0.25, -0.2) is 18.0 Å². The van der Waals surface area contributed by atoms with E-state index in [0.29, 0.717) is 11.1 Å². The van der Waals surface area contributed by atoms with Crippen LogP contribution in [0.4, 0.5) is 4.79 Å². The molecule has 3 amide bonds. The number of hydrogen-bond acceptors (Lipinski definition) is 6. The summed E-state index contributed by atoms with van der Waals surface area (Å²) in [5, 5.41) is 4.35. The van der Waals surface area contributed by atoms with Crippen molar-refractivity contribution in [2.24, 2.45) is 0 Å². The Bertz CT molecular complexity index is 1080. The first-order valence-electron chi connectivity index (χ1n) is 10.0. The largest absolute Gasteiger partial charge is 0.444 e. The molecular formula is C22H27N3O6S. The zero-order valence-corrected chi connectivity index (χ0v) is 19.2. The molecule has 2 aromatic rings. The van der Waals surface area contributed by atoms with Crippen LogP contribution in [0.25, 0.3) is 0 Å². The molecular weight excluding hydrogens is 434 g/mol. The molecule has 10 heteroatoms. The highest BCUT2D eigenvalue weighted by atomic mass is 32.2. The van der Waals surface area contributed by atoms with Crippen molar-refractivity contribution in [3.05, 3.63) is 65.2 Å². The van der Waals surface area contributed by atoms with Gasteiger partial charge >= 0.3 is 12.0 Å². The highest BCUT2D eigenvalue weighted by molar-refractivity contribution is 7.89. The molecule has 0 heterocycles. The fourth-order valence-corrected chi connectivity index (χ4v) is 4.73. The molecule has 0 radical (unpaired) electrons. The van der Waals surface area contributed by atoms with Gasteiger partial charge in [0.2, 0.25) is 16.1 Å². The Kier molecular flexibility index (Phi) is 8.50. The number of nitrogens with zero attached hydrogens (tertiary/aromatic N) is 1. The predicted molar refractivity (Wildman–Crippen MR) is 118 cm³/mol. The molecule has 2 N–H and O–H groups in total. The number of hydrogen-bond donors (Lipinski definition) is 2. The van der Waals surface area contributed by atoms with Crippen molar-refractivity contribution in [2.75, 3.05) is 20.1 Å². The molecule has 2 aromatic carbocycles. The van der Waals surface area contributed by atoms with Gasteiger partial charge < -0.3 is 10.1 Å². The van der Waals surface area contributed by atoms with Gasteiger partial charge in [0.05, 0.1) is 10.5 Å². The number of esters is 1. The first-order chi connectivity index (χ1) is 15.1. The monoisotopic (exact) mass is 461 g/mol. The Hall–Kier alpha value is -3.24. The minimum atomic E-state index is -3.81. The van der Waals surface area contributed by atoms with Gasteiger partial charge in [-0.2, -0.15) is 4.31 Å². The van der Waals surface area contributed by atoms with Gasteiger partial charge in [-0.15, -0.1) is 0 Å². The lowest BCUT2D eigenvalue weighted by molar-refractivity contribution is -0.129. The molecule has 0 aliphatic carbocycles. The van der Waals surface area contributed by atoms with Gasteiger partial charge in [-0.1, -0.05) is 50.2 Å². The van der Waals surface area contributed by atoms with Crippen LogP contribution >= 0.6 is 0 Å².